The molecule has 154 valence electrons. The van der Waals surface area contributed by atoms with Crippen LogP contribution >= 0.6 is 0 Å². The van der Waals surface area contributed by atoms with Crippen molar-refractivity contribution in [2.45, 2.75) is 12.8 Å². The van der Waals surface area contributed by atoms with Gasteiger partial charge in [0.25, 0.3) is 0 Å². The van der Waals surface area contributed by atoms with E-state index in [1.54, 1.807) is 37.7 Å². The van der Waals surface area contributed by atoms with Gasteiger partial charge in [-0.05, 0) is 47.7 Å². The topological polar surface area (TPSA) is 35.0 Å². The molecule has 0 radical (unpaired) electrons. The lowest BCUT2D eigenvalue weighted by Crippen LogP contribution is -1.99. The minimum Gasteiger partial charge on any atom is -0.494 e. The molecule has 0 fully saturated rings. The molecule has 0 N–H and O–H groups in total. The molecule has 0 aliphatic rings. The minimum absolute atomic E-state index is 0.182. The van der Waals surface area contributed by atoms with Gasteiger partial charge in [0.05, 0.1) is 25.1 Å². The first-order valence-electron chi connectivity index (χ1n) is 9.56. The van der Waals surface area contributed by atoms with Crippen LogP contribution in [0.15, 0.2) is 60.9 Å². The Morgan fingerprint density at radius 2 is 1.65 bits per heavy atom. The fourth-order valence-electron chi connectivity index (χ4n) is 3.13. The van der Waals surface area contributed by atoms with Crippen LogP contribution in [0.25, 0.3) is 10.8 Å². The Balaban J connectivity index is 1.48. The van der Waals surface area contributed by atoms with Crippen LogP contribution in [0.2, 0.25) is 0 Å². The molecule has 0 saturated carbocycles. The van der Waals surface area contributed by atoms with Crippen LogP contribution in [0.5, 0.6) is 5.75 Å². The lowest BCUT2D eigenvalue weighted by atomic mass is 10.0. The van der Waals surface area contributed by atoms with E-state index in [-0.39, 0.29) is 10.9 Å². The van der Waals surface area contributed by atoms with E-state index >= 15 is 0 Å². The number of methoxy groups -OCH3 is 1. The maximum absolute atomic E-state index is 14.5. The molecule has 4 aromatic rings. The van der Waals surface area contributed by atoms with E-state index in [1.165, 1.54) is 18.2 Å². The highest BCUT2D eigenvalue weighted by atomic mass is 19.2. The summed E-state index contributed by atoms with van der Waals surface area (Å²) in [7, 11) is 1.55. The lowest BCUT2D eigenvalue weighted by Gasteiger charge is -2.04. The number of aromatic nitrogens is 2. The van der Waals surface area contributed by atoms with E-state index in [0.29, 0.717) is 35.4 Å². The molecule has 1 heterocycles. The molecular formula is C25H17F3N2O. The van der Waals surface area contributed by atoms with Gasteiger partial charge in [0.2, 0.25) is 0 Å². The van der Waals surface area contributed by atoms with Gasteiger partial charge in [0, 0.05) is 17.4 Å². The largest absolute Gasteiger partial charge is 0.494 e. The number of benzene rings is 3. The maximum Gasteiger partial charge on any atom is 0.166 e. The van der Waals surface area contributed by atoms with Gasteiger partial charge in [-0.15, -0.1) is 0 Å². The van der Waals surface area contributed by atoms with E-state index in [4.69, 9.17) is 4.74 Å². The SMILES string of the molecule is COc1cnc(CCc2ccc(C#Cc3ccc4c(F)c(F)ccc4c3)c(F)c2)nc1. The van der Waals surface area contributed by atoms with Crippen molar-refractivity contribution in [3.63, 3.8) is 0 Å². The molecule has 0 spiro atoms. The summed E-state index contributed by atoms with van der Waals surface area (Å²) in [5.41, 5.74) is 1.65. The second kappa shape index (κ2) is 8.88. The summed E-state index contributed by atoms with van der Waals surface area (Å²) in [6, 6.07) is 12.2. The smallest absolute Gasteiger partial charge is 0.166 e. The zero-order valence-corrected chi connectivity index (χ0v) is 16.6. The highest BCUT2D eigenvalue weighted by molar-refractivity contribution is 5.84. The van der Waals surface area contributed by atoms with Crippen molar-refractivity contribution in [2.24, 2.45) is 0 Å². The number of hydrogen-bond acceptors (Lipinski definition) is 3. The fourth-order valence-corrected chi connectivity index (χ4v) is 3.13. The third-order valence-electron chi connectivity index (χ3n) is 4.84. The predicted octanol–water partition coefficient (Wildman–Crippen LogP) is 5.24. The van der Waals surface area contributed by atoms with Crippen molar-refractivity contribution in [1.82, 2.24) is 9.97 Å². The number of fused-ring (bicyclic) bond motifs is 1. The average molecular weight is 418 g/mol. The molecule has 0 bridgehead atoms. The molecule has 0 aliphatic heterocycles. The first-order valence-corrected chi connectivity index (χ1v) is 9.56. The summed E-state index contributed by atoms with van der Waals surface area (Å²) >= 11 is 0. The zero-order valence-electron chi connectivity index (χ0n) is 16.6. The van der Waals surface area contributed by atoms with Crippen LogP contribution in [0, 0.1) is 29.3 Å². The maximum atomic E-state index is 14.5. The third-order valence-corrected chi connectivity index (χ3v) is 4.84. The highest BCUT2D eigenvalue weighted by Gasteiger charge is 2.07. The standard InChI is InChI=1S/C25H17F3N2O/c1-31-20-14-29-24(30-15-20)11-5-17-3-7-18(23(27)13-17)6-2-16-4-9-21-19(12-16)8-10-22(26)25(21)28/h3-4,7-10,12-15H,5,11H2,1H3. The Morgan fingerprint density at radius 3 is 2.39 bits per heavy atom. The van der Waals surface area contributed by atoms with E-state index in [9.17, 15) is 13.2 Å². The molecule has 3 aromatic carbocycles. The summed E-state index contributed by atoms with van der Waals surface area (Å²) in [5, 5.41) is 0.712. The Kier molecular flexibility index (Phi) is 5.85. The number of hydrogen-bond donors (Lipinski definition) is 0. The Morgan fingerprint density at radius 1 is 0.839 bits per heavy atom. The van der Waals surface area contributed by atoms with Gasteiger partial charge in [-0.1, -0.05) is 30.0 Å². The van der Waals surface area contributed by atoms with Crippen molar-refractivity contribution in [3.8, 4) is 17.6 Å². The molecule has 0 saturated heterocycles. The fraction of sp³-hybridized carbons (Fsp3) is 0.120. The monoisotopic (exact) mass is 418 g/mol. The van der Waals surface area contributed by atoms with Crippen LogP contribution in [-0.4, -0.2) is 17.1 Å². The Labute approximate surface area is 177 Å². The minimum atomic E-state index is -0.896. The lowest BCUT2D eigenvalue weighted by molar-refractivity contribution is 0.410. The Bertz CT molecular complexity index is 1310. The molecule has 1 aromatic heterocycles. The van der Waals surface area contributed by atoms with Gasteiger partial charge in [0.1, 0.15) is 11.6 Å². The summed E-state index contributed by atoms with van der Waals surface area (Å²) in [6.45, 7) is 0. The molecule has 6 heteroatoms. The third kappa shape index (κ3) is 4.67. The first-order chi connectivity index (χ1) is 15.0. The van der Waals surface area contributed by atoms with Crippen LogP contribution in [-0.2, 0) is 12.8 Å². The van der Waals surface area contributed by atoms with E-state index in [2.05, 4.69) is 21.8 Å². The predicted molar refractivity (Wildman–Crippen MR) is 112 cm³/mol. The number of ether oxygens (including phenoxy) is 1. The van der Waals surface area contributed by atoms with E-state index in [0.717, 1.165) is 11.6 Å². The quantitative estimate of drug-likeness (QED) is 0.425. The molecular weight excluding hydrogens is 401 g/mol. The van der Waals surface area contributed by atoms with Crippen molar-refractivity contribution < 1.29 is 17.9 Å². The van der Waals surface area contributed by atoms with Gasteiger partial charge in [0.15, 0.2) is 17.4 Å². The highest BCUT2D eigenvalue weighted by Crippen LogP contribution is 2.21. The molecule has 0 aliphatic carbocycles. The summed E-state index contributed by atoms with van der Waals surface area (Å²) in [5.74, 6) is 4.71. The van der Waals surface area contributed by atoms with Crippen molar-refractivity contribution in [2.75, 3.05) is 7.11 Å². The second-order valence-electron chi connectivity index (χ2n) is 6.90. The first kappa shape index (κ1) is 20.4. The van der Waals surface area contributed by atoms with Gasteiger partial charge in [-0.2, -0.15) is 0 Å². The van der Waals surface area contributed by atoms with Crippen LogP contribution in [0.4, 0.5) is 13.2 Å². The van der Waals surface area contributed by atoms with Crippen LogP contribution < -0.4 is 4.74 Å². The molecule has 31 heavy (non-hydrogen) atoms. The normalized spacial score (nSPS) is 10.6. The number of nitrogens with zero attached hydrogens (tertiary/aromatic N) is 2. The van der Waals surface area contributed by atoms with Crippen LogP contribution in [0.1, 0.15) is 22.5 Å². The van der Waals surface area contributed by atoms with E-state index < -0.39 is 17.5 Å². The Hall–Kier alpha value is -3.85. The molecule has 0 atom stereocenters. The molecule has 3 nitrogen and oxygen atoms in total. The molecule has 0 unspecified atom stereocenters. The van der Waals surface area contributed by atoms with Gasteiger partial charge in [-0.25, -0.2) is 23.1 Å². The summed E-state index contributed by atoms with van der Waals surface area (Å²) in [4.78, 5) is 8.41. The number of rotatable bonds is 4. The summed E-state index contributed by atoms with van der Waals surface area (Å²) in [6.07, 6.45) is 4.35. The summed E-state index contributed by atoms with van der Waals surface area (Å²) < 4.78 is 46.6. The van der Waals surface area contributed by atoms with Gasteiger partial charge < -0.3 is 4.74 Å². The van der Waals surface area contributed by atoms with Crippen LogP contribution in [0.3, 0.4) is 0 Å². The van der Waals surface area contributed by atoms with Gasteiger partial charge in [-0.3, -0.25) is 0 Å². The van der Waals surface area contributed by atoms with Crippen molar-refractivity contribution in [3.05, 3.63) is 101 Å². The van der Waals surface area contributed by atoms with Crippen molar-refractivity contribution in [1.29, 1.82) is 0 Å². The molecule has 4 rings (SSSR count). The van der Waals surface area contributed by atoms with Crippen molar-refractivity contribution >= 4 is 10.8 Å². The second-order valence-corrected chi connectivity index (χ2v) is 6.90. The zero-order chi connectivity index (χ0) is 21.8. The van der Waals surface area contributed by atoms with E-state index in [1.807, 2.05) is 6.07 Å². The number of aryl methyl sites for hydroxylation is 2. The van der Waals surface area contributed by atoms with Gasteiger partial charge >= 0.3 is 0 Å². The number of halogens is 3. The average Bonchev–Trinajstić information content (AvgIpc) is 2.80. The molecule has 0 amide bonds.